The number of hydrogen-bond donors (Lipinski definition) is 3. The third-order valence-electron chi connectivity index (χ3n) is 4.61. The first-order valence-electron chi connectivity index (χ1n) is 8.91. The molecule has 1 amide bonds. The Kier molecular flexibility index (Phi) is 4.91. The van der Waals surface area contributed by atoms with E-state index in [0.29, 0.717) is 34.3 Å². The van der Waals surface area contributed by atoms with Crippen LogP contribution >= 0.6 is 11.6 Å². The van der Waals surface area contributed by atoms with Crippen molar-refractivity contribution in [3.8, 4) is 5.88 Å². The van der Waals surface area contributed by atoms with Crippen LogP contribution in [0.1, 0.15) is 19.3 Å². The zero-order chi connectivity index (χ0) is 19.7. The van der Waals surface area contributed by atoms with Gasteiger partial charge < -0.3 is 20.4 Å². The van der Waals surface area contributed by atoms with E-state index >= 15 is 0 Å². The highest BCUT2D eigenvalue weighted by atomic mass is 35.5. The fraction of sp³-hybridized carbons (Fsp3) is 0.333. The van der Waals surface area contributed by atoms with Gasteiger partial charge in [0.2, 0.25) is 17.7 Å². The molecule has 2 atom stereocenters. The highest BCUT2D eigenvalue weighted by molar-refractivity contribution is 6.35. The van der Waals surface area contributed by atoms with Gasteiger partial charge in [-0.15, -0.1) is 0 Å². The zero-order valence-electron chi connectivity index (χ0n) is 15.3. The molecule has 0 aliphatic heterocycles. The monoisotopic (exact) mass is 401 g/mol. The molecule has 3 aromatic heterocycles. The third-order valence-corrected chi connectivity index (χ3v) is 4.90. The average molecular weight is 402 g/mol. The fourth-order valence-corrected chi connectivity index (χ4v) is 3.54. The molecule has 1 aliphatic rings. The van der Waals surface area contributed by atoms with E-state index < -0.39 is 0 Å². The van der Waals surface area contributed by atoms with Crippen LogP contribution in [0.25, 0.3) is 11.0 Å². The number of nitrogens with zero attached hydrogens (tertiary/aromatic N) is 4. The lowest BCUT2D eigenvalue weighted by molar-refractivity contribution is -0.117. The highest BCUT2D eigenvalue weighted by Gasteiger charge is 2.28. The second kappa shape index (κ2) is 7.51. The van der Waals surface area contributed by atoms with Gasteiger partial charge in [0.15, 0.2) is 0 Å². The summed E-state index contributed by atoms with van der Waals surface area (Å²) in [5, 5.41) is 11.3. The fourth-order valence-electron chi connectivity index (χ4n) is 3.32. The van der Waals surface area contributed by atoms with E-state index in [4.69, 9.17) is 16.3 Å². The summed E-state index contributed by atoms with van der Waals surface area (Å²) < 4.78 is 7.84. The van der Waals surface area contributed by atoms with Crippen LogP contribution < -0.4 is 15.4 Å². The van der Waals surface area contributed by atoms with Crippen LogP contribution in [0, 0.1) is 0 Å². The van der Waals surface area contributed by atoms with Gasteiger partial charge in [-0.3, -0.25) is 9.48 Å². The number of aromatic nitrogens is 5. The van der Waals surface area contributed by atoms with E-state index in [-0.39, 0.29) is 18.1 Å². The molecular formula is C18H20ClN7O2. The topological polar surface area (TPSA) is 110 Å². The molecule has 9 nitrogen and oxygen atoms in total. The Morgan fingerprint density at radius 1 is 1.46 bits per heavy atom. The number of fused-ring (bicyclic) bond motifs is 1. The Hall–Kier alpha value is -3.07. The van der Waals surface area contributed by atoms with Crippen LogP contribution in [0.2, 0.25) is 5.02 Å². The van der Waals surface area contributed by atoms with Crippen molar-refractivity contribution in [2.45, 2.75) is 31.4 Å². The van der Waals surface area contributed by atoms with Crippen LogP contribution in [-0.2, 0) is 11.8 Å². The lowest BCUT2D eigenvalue weighted by Crippen LogP contribution is -2.32. The van der Waals surface area contributed by atoms with E-state index in [0.717, 1.165) is 18.5 Å². The smallest absolute Gasteiger partial charge is 0.243 e. The Morgan fingerprint density at radius 2 is 2.32 bits per heavy atom. The maximum atomic E-state index is 11.5. The summed E-state index contributed by atoms with van der Waals surface area (Å²) in [4.78, 5) is 23.5. The van der Waals surface area contributed by atoms with E-state index in [9.17, 15) is 4.79 Å². The summed E-state index contributed by atoms with van der Waals surface area (Å²) in [6.45, 7) is 3.48. The first-order chi connectivity index (χ1) is 13.5. The normalized spacial score (nSPS) is 18.9. The predicted octanol–water partition coefficient (Wildman–Crippen LogP) is 2.69. The quantitative estimate of drug-likeness (QED) is 0.548. The zero-order valence-corrected chi connectivity index (χ0v) is 16.0. The average Bonchev–Trinajstić information content (AvgIpc) is 3.37. The molecule has 0 bridgehead atoms. The number of H-pyrrole nitrogens is 1. The molecule has 0 saturated heterocycles. The Bertz CT molecular complexity index is 1030. The summed E-state index contributed by atoms with van der Waals surface area (Å²) in [5.41, 5.74) is 1.34. The van der Waals surface area contributed by atoms with Gasteiger partial charge in [0, 0.05) is 31.9 Å². The van der Waals surface area contributed by atoms with E-state index in [1.54, 1.807) is 17.1 Å². The minimum absolute atomic E-state index is 0.0579. The molecule has 28 heavy (non-hydrogen) atoms. The lowest BCUT2D eigenvalue weighted by Gasteiger charge is -2.15. The van der Waals surface area contributed by atoms with Crippen LogP contribution in [0.3, 0.4) is 0 Å². The molecule has 4 rings (SSSR count). The number of aryl methyl sites for hydroxylation is 1. The highest BCUT2D eigenvalue weighted by Crippen LogP contribution is 2.34. The Labute approximate surface area is 166 Å². The number of rotatable bonds is 6. The molecule has 10 heteroatoms. The van der Waals surface area contributed by atoms with Crippen molar-refractivity contribution < 1.29 is 9.53 Å². The van der Waals surface area contributed by atoms with Crippen molar-refractivity contribution in [2.75, 3.05) is 5.32 Å². The van der Waals surface area contributed by atoms with Gasteiger partial charge in [0.1, 0.15) is 11.8 Å². The maximum absolute atomic E-state index is 11.5. The Morgan fingerprint density at radius 3 is 3.07 bits per heavy atom. The number of halogens is 1. The first-order valence-corrected chi connectivity index (χ1v) is 9.29. The number of hydrogen-bond acceptors (Lipinski definition) is 6. The molecule has 3 heterocycles. The Balaban J connectivity index is 1.56. The number of ether oxygens (including phenoxy) is 1. The second-order valence-corrected chi connectivity index (χ2v) is 7.11. The number of anilines is 2. The third kappa shape index (κ3) is 3.79. The number of nitrogens with one attached hydrogen (secondary N) is 3. The van der Waals surface area contributed by atoms with Crippen molar-refractivity contribution in [3.05, 3.63) is 36.3 Å². The number of aromatic amines is 1. The molecule has 0 spiro atoms. The van der Waals surface area contributed by atoms with Crippen molar-refractivity contribution in [3.63, 3.8) is 0 Å². The second-order valence-electron chi connectivity index (χ2n) is 6.70. The standard InChI is InChI=1S/C18H20ClN7O2/c1-3-14(27)22-10-4-5-12(6-10)28-17-15-13(19)8-20-16(15)24-18(25-17)23-11-7-21-26(2)9-11/h3,7-10,12H,1,4-6H2,2H3,(H,22,27)(H2,20,23,24,25)/t10-,12+/m0/s1. The minimum Gasteiger partial charge on any atom is -0.474 e. The molecule has 1 fully saturated rings. The van der Waals surface area contributed by atoms with Gasteiger partial charge in [0.05, 0.1) is 22.3 Å². The molecule has 1 saturated carbocycles. The first kappa shape index (κ1) is 18.3. The molecule has 0 aromatic carbocycles. The molecule has 0 radical (unpaired) electrons. The van der Waals surface area contributed by atoms with Crippen LogP contribution in [0.4, 0.5) is 11.6 Å². The minimum atomic E-state index is -0.174. The van der Waals surface area contributed by atoms with Crippen LogP contribution in [-0.4, -0.2) is 42.8 Å². The van der Waals surface area contributed by atoms with Crippen LogP contribution in [0.15, 0.2) is 31.2 Å². The number of amides is 1. The SMILES string of the molecule is C=CC(=O)N[C@H]1CC[C@@H](Oc2nc(Nc3cnn(C)c3)nc3[nH]cc(Cl)c23)C1. The van der Waals surface area contributed by atoms with Gasteiger partial charge in [-0.1, -0.05) is 18.2 Å². The van der Waals surface area contributed by atoms with E-state index in [1.807, 2.05) is 13.2 Å². The summed E-state index contributed by atoms with van der Waals surface area (Å²) >= 11 is 6.30. The molecular weight excluding hydrogens is 382 g/mol. The summed E-state index contributed by atoms with van der Waals surface area (Å²) in [5.74, 6) is 0.610. The van der Waals surface area contributed by atoms with Gasteiger partial charge >= 0.3 is 0 Å². The van der Waals surface area contributed by atoms with Crippen molar-refractivity contribution in [2.24, 2.45) is 7.05 Å². The summed E-state index contributed by atoms with van der Waals surface area (Å²) in [6.07, 6.45) is 8.69. The lowest BCUT2D eigenvalue weighted by atomic mass is 10.2. The van der Waals surface area contributed by atoms with Gasteiger partial charge in [0.25, 0.3) is 0 Å². The summed E-state index contributed by atoms with van der Waals surface area (Å²) in [6, 6.07) is 0.0579. The van der Waals surface area contributed by atoms with E-state index in [1.165, 1.54) is 6.08 Å². The molecule has 0 unspecified atom stereocenters. The molecule has 3 aromatic rings. The molecule has 146 valence electrons. The van der Waals surface area contributed by atoms with Crippen LogP contribution in [0.5, 0.6) is 5.88 Å². The summed E-state index contributed by atoms with van der Waals surface area (Å²) in [7, 11) is 1.83. The van der Waals surface area contributed by atoms with Gasteiger partial charge in [-0.2, -0.15) is 15.1 Å². The van der Waals surface area contributed by atoms with Crippen molar-refractivity contribution in [1.82, 2.24) is 30.0 Å². The maximum Gasteiger partial charge on any atom is 0.243 e. The van der Waals surface area contributed by atoms with Gasteiger partial charge in [-0.25, -0.2) is 0 Å². The van der Waals surface area contributed by atoms with Crippen molar-refractivity contribution in [1.29, 1.82) is 0 Å². The van der Waals surface area contributed by atoms with E-state index in [2.05, 4.69) is 37.3 Å². The predicted molar refractivity (Wildman–Crippen MR) is 106 cm³/mol. The van der Waals surface area contributed by atoms with Gasteiger partial charge in [-0.05, 0) is 18.9 Å². The molecule has 1 aliphatic carbocycles. The largest absolute Gasteiger partial charge is 0.474 e. The van der Waals surface area contributed by atoms with Crippen molar-refractivity contribution >= 4 is 40.2 Å². The number of carbonyl (C=O) groups is 1. The molecule has 3 N–H and O–H groups in total. The number of carbonyl (C=O) groups excluding carboxylic acids is 1.